The van der Waals surface area contributed by atoms with Crippen LogP contribution >= 0.6 is 0 Å². The second-order valence-corrected chi connectivity index (χ2v) is 5.87. The number of carbonyl (C=O) groups is 1. The lowest BCUT2D eigenvalue weighted by atomic mass is 10.1. The van der Waals surface area contributed by atoms with Gasteiger partial charge in [0.2, 0.25) is 0 Å². The molecule has 1 aliphatic heterocycles. The Morgan fingerprint density at radius 1 is 1.39 bits per heavy atom. The third kappa shape index (κ3) is 4.13. The normalized spacial score (nSPS) is 16.9. The Hall–Kier alpha value is -2.28. The van der Waals surface area contributed by atoms with E-state index in [4.69, 9.17) is 4.42 Å². The summed E-state index contributed by atoms with van der Waals surface area (Å²) >= 11 is 0. The number of nitrogens with one attached hydrogen (secondary N) is 2. The van der Waals surface area contributed by atoms with Crippen molar-refractivity contribution >= 4 is 11.7 Å². The number of piperidine rings is 1. The van der Waals surface area contributed by atoms with E-state index in [2.05, 4.69) is 20.6 Å². The van der Waals surface area contributed by atoms with Gasteiger partial charge in [-0.2, -0.15) is 5.10 Å². The molecule has 1 atom stereocenters. The Labute approximate surface area is 135 Å². The Morgan fingerprint density at radius 3 is 2.87 bits per heavy atom. The van der Waals surface area contributed by atoms with Crippen LogP contribution < -0.4 is 10.6 Å². The molecule has 3 rings (SSSR count). The number of hydrogen-bond acceptors (Lipinski definition) is 4. The number of urea groups is 1. The van der Waals surface area contributed by atoms with Gasteiger partial charge >= 0.3 is 6.03 Å². The van der Waals surface area contributed by atoms with Crippen molar-refractivity contribution in [2.75, 3.05) is 25.0 Å². The molecule has 0 saturated carbocycles. The van der Waals surface area contributed by atoms with Crippen molar-refractivity contribution in [2.45, 2.75) is 25.3 Å². The molecule has 2 aromatic rings. The molecular weight excluding hydrogens is 294 g/mol. The van der Waals surface area contributed by atoms with Crippen LogP contribution in [0.25, 0.3) is 0 Å². The molecule has 0 bridgehead atoms. The molecule has 7 heteroatoms. The van der Waals surface area contributed by atoms with Gasteiger partial charge in [0.15, 0.2) is 0 Å². The largest absolute Gasteiger partial charge is 0.468 e. The molecule has 0 aliphatic carbocycles. The van der Waals surface area contributed by atoms with Crippen molar-refractivity contribution in [3.05, 3.63) is 36.5 Å². The first kappa shape index (κ1) is 15.6. The van der Waals surface area contributed by atoms with Gasteiger partial charge in [0, 0.05) is 19.8 Å². The van der Waals surface area contributed by atoms with Gasteiger partial charge in [0.25, 0.3) is 0 Å². The molecule has 1 unspecified atom stereocenters. The summed E-state index contributed by atoms with van der Waals surface area (Å²) in [5.74, 6) is 0.897. The lowest BCUT2D eigenvalue weighted by molar-refractivity contribution is 0.144. The zero-order valence-electron chi connectivity index (χ0n) is 13.4. The standard InChI is InChI=1S/C16H23N5O2/c1-20-12-13(10-18-20)19-16(22)17-11-14(15-6-5-9-23-15)21-7-3-2-4-8-21/h5-6,9-10,12,14H,2-4,7-8,11H2,1H3,(H2,17,19,22). The number of furan rings is 1. The van der Waals surface area contributed by atoms with Crippen LogP contribution in [-0.4, -0.2) is 40.3 Å². The minimum atomic E-state index is -0.230. The second kappa shape index (κ2) is 7.32. The number of amides is 2. The van der Waals surface area contributed by atoms with Crippen molar-refractivity contribution < 1.29 is 9.21 Å². The third-order valence-electron chi connectivity index (χ3n) is 4.12. The van der Waals surface area contributed by atoms with E-state index < -0.39 is 0 Å². The zero-order valence-corrected chi connectivity index (χ0v) is 13.4. The number of likely N-dealkylation sites (tertiary alicyclic amines) is 1. The Bertz CT molecular complexity index is 616. The molecule has 3 heterocycles. The molecular formula is C16H23N5O2. The van der Waals surface area contributed by atoms with E-state index in [1.807, 2.05) is 19.2 Å². The van der Waals surface area contributed by atoms with Crippen molar-refractivity contribution in [2.24, 2.45) is 7.05 Å². The molecule has 0 aromatic carbocycles. The summed E-state index contributed by atoms with van der Waals surface area (Å²) in [6.07, 6.45) is 8.72. The molecule has 2 aromatic heterocycles. The van der Waals surface area contributed by atoms with Crippen molar-refractivity contribution in [1.82, 2.24) is 20.0 Å². The molecule has 1 saturated heterocycles. The lowest BCUT2D eigenvalue weighted by Gasteiger charge is -2.33. The topological polar surface area (TPSA) is 75.3 Å². The van der Waals surface area contributed by atoms with E-state index in [0.29, 0.717) is 12.2 Å². The molecule has 1 fully saturated rings. The van der Waals surface area contributed by atoms with Gasteiger partial charge in [-0.15, -0.1) is 0 Å². The summed E-state index contributed by atoms with van der Waals surface area (Å²) in [5.41, 5.74) is 0.678. The molecule has 1 aliphatic rings. The molecule has 7 nitrogen and oxygen atoms in total. The predicted molar refractivity (Wildman–Crippen MR) is 87.1 cm³/mol. The average molecular weight is 317 g/mol. The first-order chi connectivity index (χ1) is 11.2. The van der Waals surface area contributed by atoms with Crippen LogP contribution in [0.2, 0.25) is 0 Å². The van der Waals surface area contributed by atoms with Crippen LogP contribution in [0.4, 0.5) is 10.5 Å². The summed E-state index contributed by atoms with van der Waals surface area (Å²) in [4.78, 5) is 14.5. The number of anilines is 1. The number of aromatic nitrogens is 2. The highest BCUT2D eigenvalue weighted by molar-refractivity contribution is 5.88. The first-order valence-electron chi connectivity index (χ1n) is 8.03. The number of hydrogen-bond donors (Lipinski definition) is 2. The maximum atomic E-state index is 12.1. The summed E-state index contributed by atoms with van der Waals surface area (Å²) in [7, 11) is 1.81. The SMILES string of the molecule is Cn1cc(NC(=O)NCC(c2ccco2)N2CCCCC2)cn1. The summed E-state index contributed by atoms with van der Waals surface area (Å²) < 4.78 is 7.22. The van der Waals surface area contributed by atoms with E-state index in [9.17, 15) is 4.79 Å². The van der Waals surface area contributed by atoms with Gasteiger partial charge < -0.3 is 15.1 Å². The monoisotopic (exact) mass is 317 g/mol. The molecule has 0 radical (unpaired) electrons. The number of nitrogens with zero attached hydrogens (tertiary/aromatic N) is 3. The third-order valence-corrected chi connectivity index (χ3v) is 4.12. The Morgan fingerprint density at radius 2 is 2.22 bits per heavy atom. The zero-order chi connectivity index (χ0) is 16.1. The number of rotatable bonds is 5. The molecule has 2 N–H and O–H groups in total. The summed E-state index contributed by atoms with van der Waals surface area (Å²) in [6.45, 7) is 2.59. The molecule has 124 valence electrons. The minimum absolute atomic E-state index is 0.0740. The maximum absolute atomic E-state index is 12.1. The van der Waals surface area contributed by atoms with Crippen molar-refractivity contribution in [1.29, 1.82) is 0 Å². The highest BCUT2D eigenvalue weighted by atomic mass is 16.3. The fourth-order valence-electron chi connectivity index (χ4n) is 2.97. The highest BCUT2D eigenvalue weighted by Gasteiger charge is 2.24. The maximum Gasteiger partial charge on any atom is 0.319 e. The number of aryl methyl sites for hydroxylation is 1. The van der Waals surface area contributed by atoms with E-state index in [1.54, 1.807) is 23.3 Å². The van der Waals surface area contributed by atoms with Crippen LogP contribution in [-0.2, 0) is 7.05 Å². The highest BCUT2D eigenvalue weighted by Crippen LogP contribution is 2.24. The average Bonchev–Trinajstić information content (AvgIpc) is 3.21. The number of carbonyl (C=O) groups excluding carboxylic acids is 1. The molecule has 23 heavy (non-hydrogen) atoms. The minimum Gasteiger partial charge on any atom is -0.468 e. The fraction of sp³-hybridized carbons (Fsp3) is 0.500. The van der Waals surface area contributed by atoms with Crippen molar-refractivity contribution in [3.63, 3.8) is 0 Å². The smallest absolute Gasteiger partial charge is 0.319 e. The predicted octanol–water partition coefficient (Wildman–Crippen LogP) is 2.36. The van der Waals surface area contributed by atoms with Crippen LogP contribution in [0.3, 0.4) is 0 Å². The van der Waals surface area contributed by atoms with Gasteiger partial charge in [-0.05, 0) is 38.1 Å². The van der Waals surface area contributed by atoms with Crippen molar-refractivity contribution in [3.8, 4) is 0 Å². The van der Waals surface area contributed by atoms with Crippen LogP contribution in [0.5, 0.6) is 0 Å². The second-order valence-electron chi connectivity index (χ2n) is 5.87. The summed E-state index contributed by atoms with van der Waals surface area (Å²) in [5, 5.41) is 9.75. The lowest BCUT2D eigenvalue weighted by Crippen LogP contribution is -2.41. The van der Waals surface area contributed by atoms with Gasteiger partial charge in [-0.3, -0.25) is 9.58 Å². The van der Waals surface area contributed by atoms with Crippen LogP contribution in [0, 0.1) is 0 Å². The Balaban J connectivity index is 1.58. The van der Waals surface area contributed by atoms with Gasteiger partial charge in [-0.1, -0.05) is 6.42 Å². The molecule has 0 spiro atoms. The summed E-state index contributed by atoms with van der Waals surface area (Å²) in [6, 6.07) is 3.71. The fourth-order valence-corrected chi connectivity index (χ4v) is 2.97. The van der Waals surface area contributed by atoms with E-state index in [-0.39, 0.29) is 12.1 Å². The van der Waals surface area contributed by atoms with Gasteiger partial charge in [0.1, 0.15) is 5.76 Å². The van der Waals surface area contributed by atoms with Gasteiger partial charge in [0.05, 0.1) is 24.2 Å². The first-order valence-corrected chi connectivity index (χ1v) is 8.03. The van der Waals surface area contributed by atoms with Crippen LogP contribution in [0.15, 0.2) is 35.2 Å². The Kier molecular flexibility index (Phi) is 4.97. The van der Waals surface area contributed by atoms with E-state index in [0.717, 1.165) is 18.8 Å². The van der Waals surface area contributed by atoms with Gasteiger partial charge in [-0.25, -0.2) is 4.79 Å². The quantitative estimate of drug-likeness (QED) is 0.887. The van der Waals surface area contributed by atoms with Crippen LogP contribution in [0.1, 0.15) is 31.1 Å². The van der Waals surface area contributed by atoms with E-state index >= 15 is 0 Å². The molecule has 2 amide bonds. The van der Waals surface area contributed by atoms with E-state index in [1.165, 1.54) is 19.3 Å².